The van der Waals surface area contributed by atoms with Gasteiger partial charge in [0.2, 0.25) is 0 Å². The van der Waals surface area contributed by atoms with Gasteiger partial charge in [-0.15, -0.1) is 0 Å². The fourth-order valence-electron chi connectivity index (χ4n) is 2.31. The summed E-state index contributed by atoms with van der Waals surface area (Å²) in [5.41, 5.74) is -0.378. The number of hydrogen-bond acceptors (Lipinski definition) is 3. The molecule has 1 saturated carbocycles. The van der Waals surface area contributed by atoms with Gasteiger partial charge in [-0.1, -0.05) is 26.7 Å². The first-order valence-electron chi connectivity index (χ1n) is 6.50. The Labute approximate surface area is 105 Å². The molecule has 0 aromatic rings. The number of rotatable bonds is 7. The van der Waals surface area contributed by atoms with E-state index in [1.54, 1.807) is 0 Å². The zero-order valence-corrected chi connectivity index (χ0v) is 11.9. The van der Waals surface area contributed by atoms with Gasteiger partial charge in [0.05, 0.1) is 5.60 Å². The third-order valence-electron chi connectivity index (χ3n) is 3.17. The minimum absolute atomic E-state index is 0.378. The molecule has 0 heterocycles. The van der Waals surface area contributed by atoms with Crippen molar-refractivity contribution in [3.05, 3.63) is 0 Å². The minimum atomic E-state index is -0.378. The van der Waals surface area contributed by atoms with Crippen molar-refractivity contribution in [1.29, 1.82) is 0 Å². The molecule has 1 rings (SSSR count). The van der Waals surface area contributed by atoms with Gasteiger partial charge in [-0.3, -0.25) is 0 Å². The van der Waals surface area contributed by atoms with Crippen LogP contribution in [0.5, 0.6) is 0 Å². The molecule has 2 nitrogen and oxygen atoms in total. The van der Waals surface area contributed by atoms with Crippen molar-refractivity contribution < 1.29 is 5.11 Å². The van der Waals surface area contributed by atoms with E-state index in [4.69, 9.17) is 0 Å². The van der Waals surface area contributed by atoms with E-state index < -0.39 is 0 Å². The highest BCUT2D eigenvalue weighted by Crippen LogP contribution is 2.29. The molecular formula is C13H27NOS. The van der Waals surface area contributed by atoms with E-state index in [1.165, 1.54) is 24.3 Å². The summed E-state index contributed by atoms with van der Waals surface area (Å²) >= 11 is 2.02. The molecule has 0 atom stereocenters. The maximum Gasteiger partial charge on any atom is 0.0774 e. The van der Waals surface area contributed by atoms with Crippen molar-refractivity contribution in [3.8, 4) is 0 Å². The second kappa shape index (κ2) is 6.87. The molecule has 0 amide bonds. The van der Waals surface area contributed by atoms with Crippen LogP contribution in [-0.4, -0.2) is 47.3 Å². The van der Waals surface area contributed by atoms with Gasteiger partial charge in [-0.2, -0.15) is 11.8 Å². The fourth-order valence-corrected chi connectivity index (χ4v) is 3.39. The zero-order valence-electron chi connectivity index (χ0n) is 11.0. The highest BCUT2D eigenvalue weighted by atomic mass is 32.2. The Morgan fingerprint density at radius 2 is 1.94 bits per heavy atom. The van der Waals surface area contributed by atoms with Gasteiger partial charge in [-0.05, 0) is 31.6 Å². The first-order valence-corrected chi connectivity index (χ1v) is 7.66. The van der Waals surface area contributed by atoms with E-state index in [0.717, 1.165) is 31.8 Å². The molecule has 0 unspecified atom stereocenters. The van der Waals surface area contributed by atoms with Crippen LogP contribution in [0.15, 0.2) is 0 Å². The van der Waals surface area contributed by atoms with Crippen LogP contribution in [0.4, 0.5) is 0 Å². The molecule has 0 saturated heterocycles. The summed E-state index contributed by atoms with van der Waals surface area (Å²) in [4.78, 5) is 2.29. The van der Waals surface area contributed by atoms with Crippen LogP contribution in [0.2, 0.25) is 0 Å². The Bertz CT molecular complexity index is 190. The second-order valence-corrected chi connectivity index (χ2v) is 6.79. The molecule has 0 aliphatic heterocycles. The molecule has 0 aromatic heterocycles. The third kappa shape index (κ3) is 5.55. The standard InChI is InChI=1S/C13H27NOS/c1-12(2)10-16-9-8-14(3)11-13(15)6-4-5-7-13/h12,15H,4-11H2,1-3H3. The van der Waals surface area contributed by atoms with Gasteiger partial charge in [0.25, 0.3) is 0 Å². The van der Waals surface area contributed by atoms with Gasteiger partial charge in [0.15, 0.2) is 0 Å². The largest absolute Gasteiger partial charge is 0.389 e. The fraction of sp³-hybridized carbons (Fsp3) is 1.00. The molecule has 0 bridgehead atoms. The summed E-state index contributed by atoms with van der Waals surface area (Å²) < 4.78 is 0. The lowest BCUT2D eigenvalue weighted by molar-refractivity contribution is 0.0180. The zero-order chi connectivity index (χ0) is 12.0. The molecular weight excluding hydrogens is 218 g/mol. The van der Waals surface area contributed by atoms with Crippen molar-refractivity contribution in [3.63, 3.8) is 0 Å². The summed E-state index contributed by atoms with van der Waals surface area (Å²) in [6.45, 7) is 6.48. The van der Waals surface area contributed by atoms with E-state index in [-0.39, 0.29) is 5.60 Å². The monoisotopic (exact) mass is 245 g/mol. The highest BCUT2D eigenvalue weighted by molar-refractivity contribution is 7.99. The lowest BCUT2D eigenvalue weighted by atomic mass is 10.0. The SMILES string of the molecule is CC(C)CSCCN(C)CC1(O)CCCC1. The molecule has 96 valence electrons. The summed E-state index contributed by atoms with van der Waals surface area (Å²) in [7, 11) is 2.13. The minimum Gasteiger partial charge on any atom is -0.389 e. The average Bonchev–Trinajstić information content (AvgIpc) is 2.59. The summed E-state index contributed by atoms with van der Waals surface area (Å²) in [5, 5.41) is 10.3. The maximum atomic E-state index is 10.3. The smallest absolute Gasteiger partial charge is 0.0774 e. The number of hydrogen-bond donors (Lipinski definition) is 1. The van der Waals surface area contributed by atoms with Gasteiger partial charge < -0.3 is 10.0 Å². The first kappa shape index (κ1) is 14.3. The predicted octanol–water partition coefficient (Wildman–Crippen LogP) is 2.61. The van der Waals surface area contributed by atoms with Gasteiger partial charge in [0.1, 0.15) is 0 Å². The van der Waals surface area contributed by atoms with Crippen LogP contribution in [0.1, 0.15) is 39.5 Å². The average molecular weight is 245 g/mol. The first-order chi connectivity index (χ1) is 7.52. The van der Waals surface area contributed by atoms with E-state index in [9.17, 15) is 5.11 Å². The predicted molar refractivity (Wildman–Crippen MR) is 73.1 cm³/mol. The van der Waals surface area contributed by atoms with Crippen LogP contribution in [0.25, 0.3) is 0 Å². The molecule has 1 fully saturated rings. The highest BCUT2D eigenvalue weighted by Gasteiger charge is 2.31. The third-order valence-corrected chi connectivity index (χ3v) is 4.54. The van der Waals surface area contributed by atoms with Crippen LogP contribution >= 0.6 is 11.8 Å². The summed E-state index contributed by atoms with van der Waals surface area (Å²) in [6.07, 6.45) is 4.39. The van der Waals surface area contributed by atoms with E-state index in [2.05, 4.69) is 25.8 Å². The Balaban J connectivity index is 2.08. The molecule has 0 aromatic carbocycles. The molecule has 1 aliphatic rings. The van der Waals surface area contributed by atoms with Gasteiger partial charge in [0, 0.05) is 18.8 Å². The van der Waals surface area contributed by atoms with Crippen molar-refractivity contribution >= 4 is 11.8 Å². The summed E-state index contributed by atoms with van der Waals surface area (Å²) in [5.74, 6) is 3.22. The lowest BCUT2D eigenvalue weighted by Gasteiger charge is -2.28. The number of nitrogens with zero attached hydrogens (tertiary/aromatic N) is 1. The number of aliphatic hydroxyl groups is 1. The topological polar surface area (TPSA) is 23.5 Å². The maximum absolute atomic E-state index is 10.3. The van der Waals surface area contributed by atoms with Gasteiger partial charge in [-0.25, -0.2) is 0 Å². The van der Waals surface area contributed by atoms with Crippen molar-refractivity contribution in [1.82, 2.24) is 4.90 Å². The van der Waals surface area contributed by atoms with Crippen LogP contribution in [0, 0.1) is 5.92 Å². The molecule has 16 heavy (non-hydrogen) atoms. The Morgan fingerprint density at radius 1 is 1.31 bits per heavy atom. The van der Waals surface area contributed by atoms with Crippen LogP contribution in [0.3, 0.4) is 0 Å². The van der Waals surface area contributed by atoms with Crippen LogP contribution in [-0.2, 0) is 0 Å². The molecule has 0 radical (unpaired) electrons. The Hall–Kier alpha value is 0.270. The normalized spacial score (nSPS) is 19.9. The van der Waals surface area contributed by atoms with Gasteiger partial charge >= 0.3 is 0 Å². The molecule has 3 heteroatoms. The van der Waals surface area contributed by atoms with Crippen LogP contribution < -0.4 is 0 Å². The van der Waals surface area contributed by atoms with E-state index in [0.29, 0.717) is 0 Å². The van der Waals surface area contributed by atoms with Crippen molar-refractivity contribution in [2.75, 3.05) is 31.6 Å². The number of thioether (sulfide) groups is 1. The molecule has 0 spiro atoms. The quantitative estimate of drug-likeness (QED) is 0.698. The van der Waals surface area contributed by atoms with Crippen molar-refractivity contribution in [2.45, 2.75) is 45.1 Å². The van der Waals surface area contributed by atoms with E-state index in [1.807, 2.05) is 11.8 Å². The Morgan fingerprint density at radius 3 is 2.50 bits per heavy atom. The second-order valence-electron chi connectivity index (χ2n) is 5.64. The molecule has 1 N–H and O–H groups in total. The van der Waals surface area contributed by atoms with E-state index >= 15 is 0 Å². The van der Waals surface area contributed by atoms with Crippen molar-refractivity contribution in [2.24, 2.45) is 5.92 Å². The lowest BCUT2D eigenvalue weighted by Crippen LogP contribution is -2.40. The number of likely N-dealkylation sites (N-methyl/N-ethyl adjacent to an activating group) is 1. The summed E-state index contributed by atoms with van der Waals surface area (Å²) in [6, 6.07) is 0. The Kier molecular flexibility index (Phi) is 6.16. The molecule has 1 aliphatic carbocycles.